The third kappa shape index (κ3) is 4.18. The molecule has 1 rings (SSSR count). The van der Waals surface area contributed by atoms with Gasteiger partial charge in [-0.2, -0.15) is 0 Å². The number of carboxylic acid groups (broad SMARTS) is 1. The van der Waals surface area contributed by atoms with Crippen molar-refractivity contribution in [3.05, 3.63) is 20.3 Å². The molecule has 0 aliphatic rings. The van der Waals surface area contributed by atoms with E-state index >= 15 is 0 Å². The van der Waals surface area contributed by atoms with Crippen LogP contribution in [0.4, 0.5) is 0 Å². The summed E-state index contributed by atoms with van der Waals surface area (Å²) in [6.07, 6.45) is 0.372. The number of thiophene rings is 1. The quantitative estimate of drug-likeness (QED) is 0.878. The van der Waals surface area contributed by atoms with Gasteiger partial charge in [-0.25, -0.2) is 0 Å². The van der Waals surface area contributed by atoms with Gasteiger partial charge in [0, 0.05) is 6.54 Å². The van der Waals surface area contributed by atoms with Crippen molar-refractivity contribution in [1.82, 2.24) is 5.32 Å². The molecule has 0 bridgehead atoms. The molecule has 4 nitrogen and oxygen atoms in total. The van der Waals surface area contributed by atoms with Crippen LogP contribution in [0.2, 0.25) is 8.67 Å². The van der Waals surface area contributed by atoms with Crippen LogP contribution in [-0.4, -0.2) is 23.5 Å². The van der Waals surface area contributed by atoms with Gasteiger partial charge in [0.25, 0.3) is 5.91 Å². The van der Waals surface area contributed by atoms with Crippen LogP contribution in [0.25, 0.3) is 0 Å². The predicted octanol–water partition coefficient (Wildman–Crippen LogP) is 2.90. The van der Waals surface area contributed by atoms with Crippen LogP contribution < -0.4 is 5.32 Å². The molecule has 1 atom stereocenters. The average molecular weight is 296 g/mol. The maximum Gasteiger partial charge on any atom is 0.306 e. The van der Waals surface area contributed by atoms with Crippen molar-refractivity contribution in [2.45, 2.75) is 13.3 Å². The molecule has 0 aliphatic heterocycles. The zero-order valence-electron chi connectivity index (χ0n) is 9.00. The molecule has 0 aromatic carbocycles. The highest BCUT2D eigenvalue weighted by molar-refractivity contribution is 7.20. The summed E-state index contributed by atoms with van der Waals surface area (Å²) in [5.41, 5.74) is 0.324. The first-order valence-corrected chi connectivity index (χ1v) is 6.45. The fourth-order valence-corrected chi connectivity index (χ4v) is 2.57. The van der Waals surface area contributed by atoms with Gasteiger partial charge in [0.15, 0.2) is 0 Å². The van der Waals surface area contributed by atoms with Crippen molar-refractivity contribution in [3.63, 3.8) is 0 Å². The molecule has 0 radical (unpaired) electrons. The van der Waals surface area contributed by atoms with Crippen molar-refractivity contribution in [3.8, 4) is 0 Å². The fourth-order valence-electron chi connectivity index (χ4n) is 1.12. The fraction of sp³-hybridized carbons (Fsp3) is 0.400. The van der Waals surface area contributed by atoms with Gasteiger partial charge in [-0.15, -0.1) is 11.3 Å². The normalized spacial score (nSPS) is 12.2. The minimum absolute atomic E-state index is 0.288. The van der Waals surface area contributed by atoms with Gasteiger partial charge in [0.2, 0.25) is 0 Å². The first-order valence-electron chi connectivity index (χ1n) is 4.87. The largest absolute Gasteiger partial charge is 0.481 e. The van der Waals surface area contributed by atoms with Gasteiger partial charge < -0.3 is 10.4 Å². The third-order valence-corrected chi connectivity index (χ3v) is 3.67. The van der Waals surface area contributed by atoms with Gasteiger partial charge in [0.05, 0.1) is 15.8 Å². The van der Waals surface area contributed by atoms with E-state index in [4.69, 9.17) is 28.3 Å². The molecule has 17 heavy (non-hydrogen) atoms. The maximum absolute atomic E-state index is 11.6. The number of hydrogen-bond donors (Lipinski definition) is 2. The summed E-state index contributed by atoms with van der Waals surface area (Å²) < 4.78 is 0.776. The number of aliphatic carboxylic acids is 1. The molecule has 1 unspecified atom stereocenters. The molecule has 2 N–H and O–H groups in total. The minimum Gasteiger partial charge on any atom is -0.481 e. The highest BCUT2D eigenvalue weighted by atomic mass is 35.5. The zero-order valence-corrected chi connectivity index (χ0v) is 11.3. The zero-order chi connectivity index (χ0) is 13.0. The monoisotopic (exact) mass is 295 g/mol. The lowest BCUT2D eigenvalue weighted by atomic mass is 10.1. The van der Waals surface area contributed by atoms with Gasteiger partial charge >= 0.3 is 5.97 Å². The summed E-state index contributed by atoms with van der Waals surface area (Å²) >= 11 is 12.6. The van der Waals surface area contributed by atoms with E-state index in [1.54, 1.807) is 6.92 Å². The summed E-state index contributed by atoms with van der Waals surface area (Å²) in [6.45, 7) is 1.87. The van der Waals surface area contributed by atoms with Crippen molar-refractivity contribution in [2.24, 2.45) is 5.92 Å². The molecule has 1 aromatic rings. The second kappa shape index (κ2) is 6.23. The average Bonchev–Trinajstić information content (AvgIpc) is 2.57. The second-order valence-electron chi connectivity index (χ2n) is 3.52. The van der Waals surface area contributed by atoms with Crippen LogP contribution in [0.15, 0.2) is 6.07 Å². The van der Waals surface area contributed by atoms with Crippen LogP contribution >= 0.6 is 34.5 Å². The van der Waals surface area contributed by atoms with Crippen molar-refractivity contribution < 1.29 is 14.7 Å². The minimum atomic E-state index is -0.879. The molecule has 1 aromatic heterocycles. The Kier molecular flexibility index (Phi) is 5.24. The molecule has 0 saturated heterocycles. The Labute approximate surface area is 113 Å². The van der Waals surface area contributed by atoms with Crippen molar-refractivity contribution in [1.29, 1.82) is 0 Å². The van der Waals surface area contributed by atoms with Gasteiger partial charge in [-0.05, 0) is 12.5 Å². The lowest BCUT2D eigenvalue weighted by Gasteiger charge is -2.07. The standard InChI is InChI=1S/C10H11Cl2NO3S/c1-5(10(15)16)2-3-13-9(14)6-4-7(11)17-8(6)12/h4-5H,2-3H2,1H3,(H,13,14)(H,15,16). The highest BCUT2D eigenvalue weighted by Gasteiger charge is 2.15. The van der Waals surface area contributed by atoms with Crippen LogP contribution in [0.5, 0.6) is 0 Å². The van der Waals surface area contributed by atoms with Crippen molar-refractivity contribution >= 4 is 46.4 Å². The molecule has 1 amide bonds. The topological polar surface area (TPSA) is 66.4 Å². The van der Waals surface area contributed by atoms with Crippen LogP contribution in [0, 0.1) is 5.92 Å². The Bertz CT molecular complexity index is 433. The molecule has 0 saturated carbocycles. The van der Waals surface area contributed by atoms with E-state index < -0.39 is 11.9 Å². The molecule has 0 fully saturated rings. The second-order valence-corrected chi connectivity index (χ2v) is 5.81. The predicted molar refractivity (Wildman–Crippen MR) is 68.1 cm³/mol. The number of carbonyl (C=O) groups is 2. The number of amides is 1. The third-order valence-electron chi connectivity index (χ3n) is 2.19. The lowest BCUT2D eigenvalue weighted by molar-refractivity contribution is -0.141. The van der Waals surface area contributed by atoms with Gasteiger partial charge in [-0.3, -0.25) is 9.59 Å². The number of rotatable bonds is 5. The van der Waals surface area contributed by atoms with E-state index in [1.807, 2.05) is 0 Å². The van der Waals surface area contributed by atoms with E-state index in [0.29, 0.717) is 20.7 Å². The first-order chi connectivity index (χ1) is 7.91. The summed E-state index contributed by atoms with van der Waals surface area (Å²) in [7, 11) is 0. The Hall–Kier alpha value is -0.780. The Morgan fingerprint density at radius 3 is 2.65 bits per heavy atom. The van der Waals surface area contributed by atoms with E-state index in [1.165, 1.54) is 6.07 Å². The Morgan fingerprint density at radius 2 is 2.18 bits per heavy atom. The number of carboxylic acids is 1. The van der Waals surface area contributed by atoms with E-state index in [9.17, 15) is 9.59 Å². The van der Waals surface area contributed by atoms with Crippen LogP contribution in [-0.2, 0) is 4.79 Å². The van der Waals surface area contributed by atoms with E-state index in [0.717, 1.165) is 11.3 Å². The lowest BCUT2D eigenvalue weighted by Crippen LogP contribution is -2.26. The molecule has 94 valence electrons. The summed E-state index contributed by atoms with van der Waals surface area (Å²) in [6, 6.07) is 1.49. The summed E-state index contributed by atoms with van der Waals surface area (Å²) in [5.74, 6) is -1.71. The number of carbonyl (C=O) groups excluding carboxylic acids is 1. The Morgan fingerprint density at radius 1 is 1.53 bits per heavy atom. The summed E-state index contributed by atoms with van der Waals surface area (Å²) in [5, 5.41) is 11.3. The molecular formula is C10H11Cl2NO3S. The molecule has 7 heteroatoms. The number of halogens is 2. The Balaban J connectivity index is 2.45. The molecule has 1 heterocycles. The van der Waals surface area contributed by atoms with E-state index in [2.05, 4.69) is 5.32 Å². The number of hydrogen-bond acceptors (Lipinski definition) is 3. The van der Waals surface area contributed by atoms with Gasteiger partial charge in [0.1, 0.15) is 4.34 Å². The molecule has 0 aliphatic carbocycles. The number of nitrogens with one attached hydrogen (secondary N) is 1. The summed E-state index contributed by atoms with van der Waals surface area (Å²) in [4.78, 5) is 22.2. The smallest absolute Gasteiger partial charge is 0.306 e. The van der Waals surface area contributed by atoms with E-state index in [-0.39, 0.29) is 12.5 Å². The van der Waals surface area contributed by atoms with Crippen LogP contribution in [0.1, 0.15) is 23.7 Å². The molecular weight excluding hydrogens is 285 g/mol. The molecule has 0 spiro atoms. The van der Waals surface area contributed by atoms with Gasteiger partial charge in [-0.1, -0.05) is 30.1 Å². The highest BCUT2D eigenvalue weighted by Crippen LogP contribution is 2.30. The maximum atomic E-state index is 11.6. The van der Waals surface area contributed by atoms with Crippen LogP contribution in [0.3, 0.4) is 0 Å². The SMILES string of the molecule is CC(CCNC(=O)c1cc(Cl)sc1Cl)C(=O)O. The first kappa shape index (κ1) is 14.3. The van der Waals surface area contributed by atoms with Crippen molar-refractivity contribution in [2.75, 3.05) is 6.54 Å².